The van der Waals surface area contributed by atoms with Crippen molar-refractivity contribution in [2.45, 2.75) is 6.54 Å². The van der Waals surface area contributed by atoms with Gasteiger partial charge in [-0.05, 0) is 35.9 Å². The van der Waals surface area contributed by atoms with Gasteiger partial charge < -0.3 is 21.3 Å². The number of benzene rings is 2. The number of urea groups is 1. The average molecular weight is 405 g/mol. The lowest BCUT2D eigenvalue weighted by Crippen LogP contribution is -2.32. The molecule has 1 aliphatic heterocycles. The molecule has 8 heteroatoms. The molecule has 2 aromatic carbocycles. The molecule has 1 aliphatic rings. The average Bonchev–Trinajstić information content (AvgIpc) is 2.67. The highest BCUT2D eigenvalue weighted by atomic mass is 35.5. The van der Waals surface area contributed by atoms with Crippen LogP contribution in [0.4, 0.5) is 16.2 Å². The molecule has 6 nitrogen and oxygen atoms in total. The Kier molecular flexibility index (Phi) is 6.47. The lowest BCUT2D eigenvalue weighted by molar-refractivity contribution is 0.102. The third-order valence-corrected chi connectivity index (χ3v) is 5.49. The number of thioether (sulfide) groups is 1. The molecule has 0 radical (unpaired) electrons. The summed E-state index contributed by atoms with van der Waals surface area (Å²) < 4.78 is 0. The van der Waals surface area contributed by atoms with E-state index in [9.17, 15) is 9.59 Å². The second kappa shape index (κ2) is 9.01. The van der Waals surface area contributed by atoms with Crippen LogP contribution in [0.3, 0.4) is 0 Å². The number of halogens is 1. The summed E-state index contributed by atoms with van der Waals surface area (Å²) in [7, 11) is 0. The standard InChI is InChI=1S/C19H21ClN4O2S/c20-16-11-15(5-6-17(16)24-7-9-27-10-8-24)23-18(25)14-3-1-13(2-4-14)12-22-19(21)26/h1-6,11H,7-10,12H2,(H,23,25)(H3,21,22,26). The fraction of sp³-hybridized carbons (Fsp3) is 0.263. The molecule has 0 unspecified atom stereocenters. The van der Waals surface area contributed by atoms with Gasteiger partial charge in [0.2, 0.25) is 0 Å². The quantitative estimate of drug-likeness (QED) is 0.713. The van der Waals surface area contributed by atoms with E-state index in [0.29, 0.717) is 22.8 Å². The van der Waals surface area contributed by atoms with E-state index in [1.54, 1.807) is 30.3 Å². The predicted molar refractivity (Wildman–Crippen MR) is 112 cm³/mol. The first kappa shape index (κ1) is 19.4. The van der Waals surface area contributed by atoms with Gasteiger partial charge in [0.1, 0.15) is 0 Å². The minimum Gasteiger partial charge on any atom is -0.369 e. The van der Waals surface area contributed by atoms with E-state index in [-0.39, 0.29) is 5.91 Å². The van der Waals surface area contributed by atoms with Gasteiger partial charge in [0.05, 0.1) is 10.7 Å². The SMILES string of the molecule is NC(=O)NCc1ccc(C(=O)Nc2ccc(N3CCSCC3)c(Cl)c2)cc1. The van der Waals surface area contributed by atoms with Crippen LogP contribution in [0.15, 0.2) is 42.5 Å². The minimum absolute atomic E-state index is 0.220. The lowest BCUT2D eigenvalue weighted by Gasteiger charge is -2.29. The number of nitrogens with zero attached hydrogens (tertiary/aromatic N) is 1. The zero-order valence-corrected chi connectivity index (χ0v) is 16.3. The highest BCUT2D eigenvalue weighted by Crippen LogP contribution is 2.30. The summed E-state index contributed by atoms with van der Waals surface area (Å²) in [6.07, 6.45) is 0. The molecule has 1 saturated heterocycles. The number of amides is 3. The van der Waals surface area contributed by atoms with E-state index >= 15 is 0 Å². The number of nitrogens with one attached hydrogen (secondary N) is 2. The van der Waals surface area contributed by atoms with Gasteiger partial charge in [-0.3, -0.25) is 4.79 Å². The van der Waals surface area contributed by atoms with Crippen molar-refractivity contribution in [3.05, 3.63) is 58.6 Å². The Morgan fingerprint density at radius 2 is 1.81 bits per heavy atom. The zero-order valence-electron chi connectivity index (χ0n) is 14.7. The first-order chi connectivity index (χ1) is 13.0. The van der Waals surface area contributed by atoms with Crippen molar-refractivity contribution in [1.82, 2.24) is 5.32 Å². The summed E-state index contributed by atoms with van der Waals surface area (Å²) in [6.45, 7) is 2.28. The van der Waals surface area contributed by atoms with Gasteiger partial charge in [0.15, 0.2) is 0 Å². The highest BCUT2D eigenvalue weighted by molar-refractivity contribution is 7.99. The van der Waals surface area contributed by atoms with Crippen LogP contribution in [0.25, 0.3) is 0 Å². The second-order valence-corrected chi connectivity index (χ2v) is 7.77. The molecule has 2 aromatic rings. The van der Waals surface area contributed by atoms with E-state index in [2.05, 4.69) is 15.5 Å². The molecule has 1 heterocycles. The second-order valence-electron chi connectivity index (χ2n) is 6.13. The molecule has 0 saturated carbocycles. The van der Waals surface area contributed by atoms with Crippen molar-refractivity contribution in [3.63, 3.8) is 0 Å². The molecule has 0 aromatic heterocycles. The van der Waals surface area contributed by atoms with Gasteiger partial charge in [-0.15, -0.1) is 0 Å². The molecule has 3 rings (SSSR count). The smallest absolute Gasteiger partial charge is 0.312 e. The molecule has 0 spiro atoms. The minimum atomic E-state index is -0.583. The Morgan fingerprint density at radius 1 is 1.11 bits per heavy atom. The summed E-state index contributed by atoms with van der Waals surface area (Å²) in [5.74, 6) is 1.97. The van der Waals surface area contributed by atoms with Crippen LogP contribution in [0.2, 0.25) is 5.02 Å². The van der Waals surface area contributed by atoms with Gasteiger partial charge in [-0.1, -0.05) is 23.7 Å². The van der Waals surface area contributed by atoms with Crippen molar-refractivity contribution in [2.75, 3.05) is 34.8 Å². The molecule has 0 atom stereocenters. The predicted octanol–water partition coefficient (Wildman–Crippen LogP) is 3.31. The topological polar surface area (TPSA) is 87.5 Å². The van der Waals surface area contributed by atoms with Crippen molar-refractivity contribution in [3.8, 4) is 0 Å². The van der Waals surface area contributed by atoms with Crippen molar-refractivity contribution >= 4 is 46.7 Å². The summed E-state index contributed by atoms with van der Waals surface area (Å²) in [5.41, 5.74) is 8.08. The van der Waals surface area contributed by atoms with E-state index in [1.165, 1.54) is 0 Å². The van der Waals surface area contributed by atoms with Gasteiger partial charge in [-0.2, -0.15) is 11.8 Å². The molecule has 1 fully saturated rings. The van der Waals surface area contributed by atoms with E-state index in [4.69, 9.17) is 17.3 Å². The van der Waals surface area contributed by atoms with Crippen LogP contribution in [-0.4, -0.2) is 36.5 Å². The molecular weight excluding hydrogens is 384 g/mol. The third-order valence-electron chi connectivity index (χ3n) is 4.24. The van der Waals surface area contributed by atoms with Crippen molar-refractivity contribution in [1.29, 1.82) is 0 Å². The maximum atomic E-state index is 12.4. The maximum absolute atomic E-state index is 12.4. The zero-order chi connectivity index (χ0) is 19.2. The Hall–Kier alpha value is -2.38. The van der Waals surface area contributed by atoms with Crippen LogP contribution >= 0.6 is 23.4 Å². The molecule has 4 N–H and O–H groups in total. The maximum Gasteiger partial charge on any atom is 0.312 e. The summed E-state index contributed by atoms with van der Waals surface area (Å²) in [5, 5.41) is 6.00. The number of nitrogens with two attached hydrogens (primary N) is 1. The summed E-state index contributed by atoms with van der Waals surface area (Å²) >= 11 is 8.37. The number of carbonyl (C=O) groups excluding carboxylic acids is 2. The lowest BCUT2D eigenvalue weighted by atomic mass is 10.1. The summed E-state index contributed by atoms with van der Waals surface area (Å²) in [6, 6.07) is 12.0. The first-order valence-electron chi connectivity index (χ1n) is 8.59. The number of rotatable bonds is 5. The van der Waals surface area contributed by atoms with Crippen molar-refractivity contribution in [2.24, 2.45) is 5.73 Å². The number of primary amides is 1. The van der Waals surface area contributed by atoms with Crippen LogP contribution < -0.4 is 21.3 Å². The van der Waals surface area contributed by atoms with Crippen LogP contribution in [0.1, 0.15) is 15.9 Å². The molecule has 0 bridgehead atoms. The van der Waals surface area contributed by atoms with Crippen molar-refractivity contribution < 1.29 is 9.59 Å². The molecular formula is C19H21ClN4O2S. The normalized spacial score (nSPS) is 13.9. The molecule has 3 amide bonds. The number of hydrogen-bond donors (Lipinski definition) is 3. The Morgan fingerprint density at radius 3 is 2.44 bits per heavy atom. The molecule has 142 valence electrons. The number of anilines is 2. The molecule has 27 heavy (non-hydrogen) atoms. The number of carbonyl (C=O) groups is 2. The number of hydrogen-bond acceptors (Lipinski definition) is 4. The summed E-state index contributed by atoms with van der Waals surface area (Å²) in [4.78, 5) is 25.4. The van der Waals surface area contributed by atoms with Crippen LogP contribution in [-0.2, 0) is 6.54 Å². The van der Waals surface area contributed by atoms with E-state index < -0.39 is 6.03 Å². The van der Waals surface area contributed by atoms with Crippen LogP contribution in [0.5, 0.6) is 0 Å². The Balaban J connectivity index is 1.63. The van der Waals surface area contributed by atoms with Gasteiger partial charge in [0, 0.05) is 42.4 Å². The fourth-order valence-corrected chi connectivity index (χ4v) is 4.01. The van der Waals surface area contributed by atoms with Gasteiger partial charge >= 0.3 is 6.03 Å². The van der Waals surface area contributed by atoms with Gasteiger partial charge in [-0.25, -0.2) is 4.79 Å². The Labute approximate surface area is 167 Å². The first-order valence-corrected chi connectivity index (χ1v) is 10.1. The van der Waals surface area contributed by atoms with E-state index in [1.807, 2.05) is 23.9 Å². The van der Waals surface area contributed by atoms with E-state index in [0.717, 1.165) is 35.8 Å². The van der Waals surface area contributed by atoms with Crippen LogP contribution in [0, 0.1) is 0 Å². The highest BCUT2D eigenvalue weighted by Gasteiger charge is 2.15. The monoisotopic (exact) mass is 404 g/mol. The van der Waals surface area contributed by atoms with Gasteiger partial charge in [0.25, 0.3) is 5.91 Å². The fourth-order valence-electron chi connectivity index (χ4n) is 2.81. The Bertz CT molecular complexity index is 823. The molecule has 0 aliphatic carbocycles. The third kappa shape index (κ3) is 5.30. The largest absolute Gasteiger partial charge is 0.369 e.